The van der Waals surface area contributed by atoms with Crippen molar-refractivity contribution in [3.63, 3.8) is 0 Å². The molecule has 110 valence electrons. The number of carbonyl (C=O) groups is 2. The van der Waals surface area contributed by atoms with Gasteiger partial charge in [-0.25, -0.2) is 22.0 Å². The van der Waals surface area contributed by atoms with E-state index in [1.165, 1.54) is 0 Å². The highest BCUT2D eigenvalue weighted by Gasteiger charge is 2.29. The molecule has 9 heteroatoms. The summed E-state index contributed by atoms with van der Waals surface area (Å²) in [6, 6.07) is 0.0969. The molecule has 20 heavy (non-hydrogen) atoms. The lowest BCUT2D eigenvalue weighted by molar-refractivity contribution is -0.140. The molecule has 0 saturated carbocycles. The highest BCUT2D eigenvalue weighted by molar-refractivity contribution is 7.91. The zero-order valence-corrected chi connectivity index (χ0v) is 11.1. The number of carboxylic acid groups (broad SMARTS) is 1. The van der Waals surface area contributed by atoms with Gasteiger partial charge in [-0.3, -0.25) is 4.79 Å². The normalized spacial score (nSPS) is 12.8. The maximum Gasteiger partial charge on any atom is 0.327 e. The van der Waals surface area contributed by atoms with Crippen molar-refractivity contribution in [2.45, 2.75) is 17.9 Å². The lowest BCUT2D eigenvalue weighted by Gasteiger charge is -2.13. The van der Waals surface area contributed by atoms with Crippen LogP contribution < -0.4 is 5.32 Å². The molecule has 0 aliphatic carbocycles. The first-order valence-electron chi connectivity index (χ1n) is 5.31. The van der Waals surface area contributed by atoms with E-state index in [1.54, 1.807) is 0 Å². The van der Waals surface area contributed by atoms with E-state index in [0.717, 1.165) is 13.0 Å². The summed E-state index contributed by atoms with van der Waals surface area (Å²) in [6.07, 6.45) is 0. The Bertz CT molecular complexity index is 644. The summed E-state index contributed by atoms with van der Waals surface area (Å²) in [5.74, 6) is -5.64. The Balaban J connectivity index is 3.09. The molecule has 1 amide bonds. The van der Waals surface area contributed by atoms with E-state index in [9.17, 15) is 26.8 Å². The predicted molar refractivity (Wildman–Crippen MR) is 63.7 cm³/mol. The quantitative estimate of drug-likeness (QED) is 0.763. The van der Waals surface area contributed by atoms with E-state index in [1.807, 2.05) is 5.32 Å². The molecule has 0 fully saturated rings. The van der Waals surface area contributed by atoms with Gasteiger partial charge in [0.25, 0.3) is 0 Å². The molecule has 0 aromatic heterocycles. The lowest BCUT2D eigenvalue weighted by Crippen LogP contribution is -2.44. The summed E-state index contributed by atoms with van der Waals surface area (Å²) >= 11 is 0. The maximum atomic E-state index is 13.4. The monoisotopic (exact) mass is 307 g/mol. The lowest BCUT2D eigenvalue weighted by atomic mass is 10.3. The van der Waals surface area contributed by atoms with Crippen LogP contribution in [0.25, 0.3) is 0 Å². The first kappa shape index (κ1) is 16.0. The average Bonchev–Trinajstić information content (AvgIpc) is 2.26. The van der Waals surface area contributed by atoms with Gasteiger partial charge in [0.2, 0.25) is 5.91 Å². The number of benzene rings is 1. The number of hydrogen-bond acceptors (Lipinski definition) is 4. The van der Waals surface area contributed by atoms with Gasteiger partial charge in [-0.15, -0.1) is 0 Å². The van der Waals surface area contributed by atoms with Crippen molar-refractivity contribution in [1.82, 2.24) is 5.32 Å². The van der Waals surface area contributed by atoms with Crippen LogP contribution in [0.3, 0.4) is 0 Å². The van der Waals surface area contributed by atoms with Crippen molar-refractivity contribution in [3.05, 3.63) is 29.8 Å². The zero-order valence-electron chi connectivity index (χ0n) is 10.3. The molecule has 0 spiro atoms. The average molecular weight is 307 g/mol. The first-order chi connectivity index (χ1) is 9.13. The van der Waals surface area contributed by atoms with Crippen LogP contribution in [-0.2, 0) is 19.4 Å². The summed E-state index contributed by atoms with van der Waals surface area (Å²) in [6.45, 7) is 1.01. The number of halogens is 2. The van der Waals surface area contributed by atoms with E-state index >= 15 is 0 Å². The molecule has 0 saturated heterocycles. The number of nitrogens with one attached hydrogen (secondary N) is 1. The highest BCUT2D eigenvalue weighted by atomic mass is 32.2. The number of rotatable bonds is 5. The standard InChI is InChI=1S/C11H11F2NO5S/c1-6(15)14-9(11(16)17)5-20(18,19)10-3-2-7(12)4-8(10)13/h2-4,9H,5H2,1H3,(H,14,15)(H,16,17). The Labute approximate surface area is 113 Å². The van der Waals surface area contributed by atoms with Gasteiger partial charge < -0.3 is 10.4 Å². The third kappa shape index (κ3) is 3.98. The molecule has 0 radical (unpaired) electrons. The van der Waals surface area contributed by atoms with Crippen molar-refractivity contribution < 1.29 is 31.9 Å². The molecule has 2 N–H and O–H groups in total. The highest BCUT2D eigenvalue weighted by Crippen LogP contribution is 2.17. The molecule has 1 rings (SSSR count). The van der Waals surface area contributed by atoms with Crippen molar-refractivity contribution in [3.8, 4) is 0 Å². The van der Waals surface area contributed by atoms with Crippen LogP contribution in [0.5, 0.6) is 0 Å². The molecule has 0 heterocycles. The van der Waals surface area contributed by atoms with Crippen molar-refractivity contribution in [2.24, 2.45) is 0 Å². The maximum absolute atomic E-state index is 13.4. The SMILES string of the molecule is CC(=O)NC(CS(=O)(=O)c1ccc(F)cc1F)C(=O)O. The van der Waals surface area contributed by atoms with Gasteiger partial charge in [-0.05, 0) is 12.1 Å². The molecule has 1 aromatic carbocycles. The van der Waals surface area contributed by atoms with E-state index in [4.69, 9.17) is 5.11 Å². The Morgan fingerprint density at radius 3 is 2.40 bits per heavy atom. The number of sulfone groups is 1. The van der Waals surface area contributed by atoms with Gasteiger partial charge in [0.05, 0.1) is 5.75 Å². The van der Waals surface area contributed by atoms with E-state index < -0.39 is 50.0 Å². The van der Waals surface area contributed by atoms with Gasteiger partial charge in [-0.2, -0.15) is 0 Å². The van der Waals surface area contributed by atoms with Crippen molar-refractivity contribution in [1.29, 1.82) is 0 Å². The van der Waals surface area contributed by atoms with E-state index in [-0.39, 0.29) is 0 Å². The molecule has 1 unspecified atom stereocenters. The Morgan fingerprint density at radius 1 is 1.35 bits per heavy atom. The second-order valence-corrected chi connectivity index (χ2v) is 5.95. The van der Waals surface area contributed by atoms with Gasteiger partial charge in [0.15, 0.2) is 9.84 Å². The fraction of sp³-hybridized carbons (Fsp3) is 0.273. The van der Waals surface area contributed by atoms with Crippen LogP contribution in [0, 0.1) is 11.6 Å². The second-order valence-electron chi connectivity index (χ2n) is 3.95. The van der Waals surface area contributed by atoms with Crippen LogP contribution >= 0.6 is 0 Å². The predicted octanol–water partition coefficient (Wildman–Crippen LogP) is 0.328. The van der Waals surface area contributed by atoms with Gasteiger partial charge in [0.1, 0.15) is 22.6 Å². The zero-order chi connectivity index (χ0) is 15.5. The summed E-state index contributed by atoms with van der Waals surface area (Å²) in [7, 11) is -4.33. The summed E-state index contributed by atoms with van der Waals surface area (Å²) < 4.78 is 49.9. The van der Waals surface area contributed by atoms with Gasteiger partial charge >= 0.3 is 5.97 Å². The molecular formula is C11H11F2NO5S. The molecule has 0 aliphatic heterocycles. The van der Waals surface area contributed by atoms with Crippen LogP contribution in [0.1, 0.15) is 6.92 Å². The molecular weight excluding hydrogens is 296 g/mol. The summed E-state index contributed by atoms with van der Waals surface area (Å²) in [4.78, 5) is 20.8. The van der Waals surface area contributed by atoms with Crippen LogP contribution in [0.4, 0.5) is 8.78 Å². The molecule has 0 bridgehead atoms. The topological polar surface area (TPSA) is 101 Å². The number of aliphatic carboxylic acids is 1. The van der Waals surface area contributed by atoms with Crippen LogP contribution in [-0.4, -0.2) is 37.2 Å². The fourth-order valence-corrected chi connectivity index (χ4v) is 2.93. The Morgan fingerprint density at radius 2 is 1.95 bits per heavy atom. The van der Waals surface area contributed by atoms with Gasteiger partial charge in [0, 0.05) is 13.0 Å². The minimum absolute atomic E-state index is 0.376. The fourth-order valence-electron chi connectivity index (χ4n) is 1.46. The second kappa shape index (κ2) is 5.95. The number of amides is 1. The molecule has 1 atom stereocenters. The summed E-state index contributed by atoms with van der Waals surface area (Å²) in [5.41, 5.74) is 0. The number of carboxylic acids is 1. The third-order valence-corrected chi connectivity index (χ3v) is 4.06. The number of carbonyl (C=O) groups excluding carboxylic acids is 1. The molecule has 0 aliphatic rings. The van der Waals surface area contributed by atoms with Crippen molar-refractivity contribution in [2.75, 3.05) is 5.75 Å². The van der Waals surface area contributed by atoms with E-state index in [2.05, 4.69) is 0 Å². The van der Waals surface area contributed by atoms with Crippen LogP contribution in [0.15, 0.2) is 23.1 Å². The Hall–Kier alpha value is -2.03. The largest absolute Gasteiger partial charge is 0.480 e. The Kier molecular flexibility index (Phi) is 4.77. The number of hydrogen-bond donors (Lipinski definition) is 2. The smallest absolute Gasteiger partial charge is 0.327 e. The minimum Gasteiger partial charge on any atom is -0.480 e. The van der Waals surface area contributed by atoms with Crippen molar-refractivity contribution >= 4 is 21.7 Å². The molecule has 1 aromatic rings. The first-order valence-corrected chi connectivity index (χ1v) is 6.96. The van der Waals surface area contributed by atoms with Crippen LogP contribution in [0.2, 0.25) is 0 Å². The molecule has 6 nitrogen and oxygen atoms in total. The third-order valence-electron chi connectivity index (χ3n) is 2.29. The van der Waals surface area contributed by atoms with E-state index in [0.29, 0.717) is 12.1 Å². The van der Waals surface area contributed by atoms with Gasteiger partial charge in [-0.1, -0.05) is 0 Å². The minimum atomic E-state index is -4.33. The summed E-state index contributed by atoms with van der Waals surface area (Å²) in [5, 5.41) is 10.7.